The SMILES string of the molecule is O=C1/C(=N\Cc2cccc(Cl)c2)c2ccccc2N1c1ccccc1. The predicted octanol–water partition coefficient (Wildman–Crippen LogP) is 5.01. The molecule has 0 unspecified atom stereocenters. The number of nitrogens with zero attached hydrogens (tertiary/aromatic N) is 2. The zero-order valence-electron chi connectivity index (χ0n) is 13.4. The number of rotatable bonds is 3. The highest BCUT2D eigenvalue weighted by Gasteiger charge is 2.34. The van der Waals surface area contributed by atoms with Gasteiger partial charge in [-0.3, -0.25) is 14.7 Å². The first kappa shape index (κ1) is 15.6. The Kier molecular flexibility index (Phi) is 4.08. The number of fused-ring (bicyclic) bond motifs is 1. The molecule has 1 amide bonds. The molecule has 0 saturated carbocycles. The minimum absolute atomic E-state index is 0.102. The molecule has 0 N–H and O–H groups in total. The summed E-state index contributed by atoms with van der Waals surface area (Å²) in [7, 11) is 0. The first-order valence-corrected chi connectivity index (χ1v) is 8.39. The average molecular weight is 347 g/mol. The molecule has 3 aromatic carbocycles. The first-order valence-electron chi connectivity index (χ1n) is 8.02. The fraction of sp³-hybridized carbons (Fsp3) is 0.0476. The van der Waals surface area contributed by atoms with Crippen LogP contribution < -0.4 is 4.90 Å². The summed E-state index contributed by atoms with van der Waals surface area (Å²) in [4.78, 5) is 19.3. The maximum atomic E-state index is 13.0. The largest absolute Gasteiger partial charge is 0.281 e. The third kappa shape index (κ3) is 2.94. The molecule has 4 heteroatoms. The minimum atomic E-state index is -0.102. The van der Waals surface area contributed by atoms with Gasteiger partial charge in [0.15, 0.2) is 0 Å². The van der Waals surface area contributed by atoms with Crippen LogP contribution in [0.15, 0.2) is 83.9 Å². The van der Waals surface area contributed by atoms with E-state index in [1.54, 1.807) is 4.90 Å². The number of para-hydroxylation sites is 2. The summed E-state index contributed by atoms with van der Waals surface area (Å²) < 4.78 is 0. The lowest BCUT2D eigenvalue weighted by molar-refractivity contribution is -0.111. The molecule has 1 heterocycles. The lowest BCUT2D eigenvalue weighted by atomic mass is 10.1. The standard InChI is InChI=1S/C21H15ClN2O/c22-16-8-6-7-15(13-16)14-23-20-18-11-4-5-12-19(18)24(21(20)25)17-9-2-1-3-10-17/h1-13H,14H2/b23-20-. The quantitative estimate of drug-likeness (QED) is 0.656. The molecule has 0 saturated heterocycles. The van der Waals surface area contributed by atoms with Crippen LogP contribution in [-0.2, 0) is 11.3 Å². The highest BCUT2D eigenvalue weighted by molar-refractivity contribution is 6.55. The van der Waals surface area contributed by atoms with Gasteiger partial charge >= 0.3 is 0 Å². The van der Waals surface area contributed by atoms with E-state index in [4.69, 9.17) is 11.6 Å². The zero-order valence-corrected chi connectivity index (χ0v) is 14.1. The number of carbonyl (C=O) groups excluding carboxylic acids is 1. The molecule has 3 aromatic rings. The van der Waals surface area contributed by atoms with Crippen LogP contribution in [0.1, 0.15) is 11.1 Å². The van der Waals surface area contributed by atoms with Gasteiger partial charge in [-0.15, -0.1) is 0 Å². The van der Waals surface area contributed by atoms with E-state index in [-0.39, 0.29) is 5.91 Å². The van der Waals surface area contributed by atoms with E-state index in [2.05, 4.69) is 4.99 Å². The molecule has 0 atom stereocenters. The maximum Gasteiger partial charge on any atom is 0.281 e. The molecule has 0 radical (unpaired) electrons. The molecule has 1 aliphatic heterocycles. The van der Waals surface area contributed by atoms with Crippen LogP contribution >= 0.6 is 11.6 Å². The van der Waals surface area contributed by atoms with Crippen LogP contribution in [0.5, 0.6) is 0 Å². The van der Waals surface area contributed by atoms with E-state index in [9.17, 15) is 4.79 Å². The van der Waals surface area contributed by atoms with Crippen molar-refractivity contribution in [2.75, 3.05) is 4.90 Å². The predicted molar refractivity (Wildman–Crippen MR) is 102 cm³/mol. The van der Waals surface area contributed by atoms with Gasteiger partial charge in [0.1, 0.15) is 5.71 Å². The van der Waals surface area contributed by atoms with Gasteiger partial charge in [-0.2, -0.15) is 0 Å². The molecule has 0 aromatic heterocycles. The number of hydrogen-bond donors (Lipinski definition) is 0. The summed E-state index contributed by atoms with van der Waals surface area (Å²) in [5.41, 5.74) is 4.03. The molecular formula is C21H15ClN2O. The summed E-state index contributed by atoms with van der Waals surface area (Å²) >= 11 is 6.03. The van der Waals surface area contributed by atoms with E-state index >= 15 is 0 Å². The number of benzene rings is 3. The van der Waals surface area contributed by atoms with Gasteiger partial charge in [0.2, 0.25) is 0 Å². The molecular weight excluding hydrogens is 332 g/mol. The summed E-state index contributed by atoms with van der Waals surface area (Å²) in [5, 5.41) is 0.668. The smallest absolute Gasteiger partial charge is 0.275 e. The Balaban J connectivity index is 1.74. The van der Waals surface area contributed by atoms with Crippen molar-refractivity contribution in [2.45, 2.75) is 6.54 Å². The number of aliphatic imine (C=N–C) groups is 1. The number of hydrogen-bond acceptors (Lipinski definition) is 2. The summed E-state index contributed by atoms with van der Waals surface area (Å²) in [6, 6.07) is 24.9. The van der Waals surface area contributed by atoms with Crippen LogP contribution in [0, 0.1) is 0 Å². The lowest BCUT2D eigenvalue weighted by Crippen LogP contribution is -2.25. The van der Waals surface area contributed by atoms with E-state index < -0.39 is 0 Å². The Bertz CT molecular complexity index is 966. The maximum absolute atomic E-state index is 13.0. The van der Waals surface area contributed by atoms with Crippen molar-refractivity contribution >= 4 is 34.6 Å². The first-order chi connectivity index (χ1) is 12.2. The molecule has 0 aliphatic carbocycles. The second-order valence-corrected chi connectivity index (χ2v) is 6.22. The van der Waals surface area contributed by atoms with Crippen molar-refractivity contribution in [1.82, 2.24) is 0 Å². The Labute approximate surface area is 151 Å². The van der Waals surface area contributed by atoms with E-state index in [1.165, 1.54) is 0 Å². The van der Waals surface area contributed by atoms with Crippen molar-refractivity contribution in [3.05, 3.63) is 95.0 Å². The van der Waals surface area contributed by atoms with Crippen LogP contribution in [0.3, 0.4) is 0 Å². The topological polar surface area (TPSA) is 32.7 Å². The normalized spacial score (nSPS) is 14.8. The third-order valence-corrected chi connectivity index (χ3v) is 4.36. The summed E-state index contributed by atoms with van der Waals surface area (Å²) in [5.74, 6) is -0.102. The van der Waals surface area contributed by atoms with Crippen LogP contribution in [0.25, 0.3) is 0 Å². The number of amides is 1. The molecule has 3 nitrogen and oxygen atoms in total. The van der Waals surface area contributed by atoms with Gasteiger partial charge in [0.05, 0.1) is 12.2 Å². The Hall–Kier alpha value is -2.91. The molecule has 1 aliphatic rings. The Morgan fingerprint density at radius 3 is 2.44 bits per heavy atom. The highest BCUT2D eigenvalue weighted by atomic mass is 35.5. The van der Waals surface area contributed by atoms with E-state index in [0.29, 0.717) is 17.3 Å². The van der Waals surface area contributed by atoms with Gasteiger partial charge in [0, 0.05) is 16.3 Å². The molecule has 0 bridgehead atoms. The molecule has 0 fully saturated rings. The van der Waals surface area contributed by atoms with Crippen LogP contribution in [0.4, 0.5) is 11.4 Å². The Morgan fingerprint density at radius 2 is 1.64 bits per heavy atom. The fourth-order valence-corrected chi connectivity index (χ4v) is 3.20. The van der Waals surface area contributed by atoms with Crippen molar-refractivity contribution in [3.63, 3.8) is 0 Å². The van der Waals surface area contributed by atoms with Crippen molar-refractivity contribution in [1.29, 1.82) is 0 Å². The van der Waals surface area contributed by atoms with Crippen molar-refractivity contribution < 1.29 is 4.79 Å². The monoisotopic (exact) mass is 346 g/mol. The van der Waals surface area contributed by atoms with Gasteiger partial charge < -0.3 is 0 Å². The van der Waals surface area contributed by atoms with Gasteiger partial charge in [-0.1, -0.05) is 60.1 Å². The van der Waals surface area contributed by atoms with Gasteiger partial charge in [-0.25, -0.2) is 0 Å². The average Bonchev–Trinajstić information content (AvgIpc) is 2.92. The van der Waals surface area contributed by atoms with Crippen molar-refractivity contribution in [3.8, 4) is 0 Å². The summed E-state index contributed by atoms with van der Waals surface area (Å²) in [6.45, 7) is 0.415. The van der Waals surface area contributed by atoms with Crippen LogP contribution in [-0.4, -0.2) is 11.6 Å². The minimum Gasteiger partial charge on any atom is -0.275 e. The summed E-state index contributed by atoms with van der Waals surface area (Å²) in [6.07, 6.45) is 0. The lowest BCUT2D eigenvalue weighted by Gasteiger charge is -2.16. The highest BCUT2D eigenvalue weighted by Crippen LogP contribution is 2.35. The van der Waals surface area contributed by atoms with E-state index in [1.807, 2.05) is 78.9 Å². The number of carbonyl (C=O) groups is 1. The second-order valence-electron chi connectivity index (χ2n) is 5.79. The number of anilines is 2. The molecule has 0 spiro atoms. The third-order valence-electron chi connectivity index (χ3n) is 4.13. The molecule has 122 valence electrons. The van der Waals surface area contributed by atoms with Gasteiger partial charge in [-0.05, 0) is 35.9 Å². The fourth-order valence-electron chi connectivity index (χ4n) is 2.99. The van der Waals surface area contributed by atoms with Crippen molar-refractivity contribution in [2.24, 2.45) is 4.99 Å². The molecule has 25 heavy (non-hydrogen) atoms. The second kappa shape index (κ2) is 6.54. The van der Waals surface area contributed by atoms with Gasteiger partial charge in [0.25, 0.3) is 5.91 Å². The van der Waals surface area contributed by atoms with Crippen LogP contribution in [0.2, 0.25) is 5.02 Å². The van der Waals surface area contributed by atoms with E-state index in [0.717, 1.165) is 22.5 Å². The zero-order chi connectivity index (χ0) is 17.2. The number of halogens is 1. The molecule has 4 rings (SSSR count). The Morgan fingerprint density at radius 1 is 0.880 bits per heavy atom.